The van der Waals surface area contributed by atoms with Crippen LogP contribution >= 0.6 is 39.3 Å². The number of halogens is 2. The molecular weight excluding hydrogens is 524 g/mol. The Morgan fingerprint density at radius 1 is 1.12 bits per heavy atom. The van der Waals surface area contributed by atoms with Gasteiger partial charge in [-0.3, -0.25) is 9.36 Å². The number of aromatic nitrogens is 3. The van der Waals surface area contributed by atoms with Gasteiger partial charge in [-0.1, -0.05) is 53.2 Å². The number of thioether (sulfide) groups is 1. The summed E-state index contributed by atoms with van der Waals surface area (Å²) in [5, 5.41) is 23.0. The second kappa shape index (κ2) is 9.99. The number of phenols is 1. The van der Waals surface area contributed by atoms with Crippen LogP contribution in [0.1, 0.15) is 11.1 Å². The van der Waals surface area contributed by atoms with Crippen molar-refractivity contribution < 1.29 is 9.90 Å². The number of aromatic hydroxyl groups is 1. The zero-order valence-electron chi connectivity index (χ0n) is 17.8. The van der Waals surface area contributed by atoms with Crippen molar-refractivity contribution in [2.24, 2.45) is 0 Å². The van der Waals surface area contributed by atoms with E-state index in [-0.39, 0.29) is 17.4 Å². The number of amides is 1. The van der Waals surface area contributed by atoms with Gasteiger partial charge in [0.1, 0.15) is 5.75 Å². The van der Waals surface area contributed by atoms with Crippen molar-refractivity contribution in [3.05, 3.63) is 81.3 Å². The molecule has 4 rings (SSSR count). The van der Waals surface area contributed by atoms with Gasteiger partial charge in [0.25, 0.3) is 0 Å². The second-order valence-corrected chi connectivity index (χ2v) is 9.62. The summed E-state index contributed by atoms with van der Waals surface area (Å²) in [4.78, 5) is 12.6. The standard InChI is InChI=1S/C24H20BrClN4O2S/c1-14-7-10-20(15(2)11-14)30-23(17-5-3-4-6-21(17)31)28-29-24(30)33-13-22(32)27-16-8-9-18(25)19(26)12-16/h3-12,31H,13H2,1-2H3,(H,27,32). The van der Waals surface area contributed by atoms with E-state index in [1.54, 1.807) is 36.4 Å². The third kappa shape index (κ3) is 5.24. The molecular formula is C24H20BrClN4O2S. The van der Waals surface area contributed by atoms with Crippen LogP contribution in [-0.2, 0) is 4.79 Å². The maximum Gasteiger partial charge on any atom is 0.234 e. The van der Waals surface area contributed by atoms with E-state index in [4.69, 9.17) is 11.6 Å². The third-order valence-electron chi connectivity index (χ3n) is 4.91. The van der Waals surface area contributed by atoms with Gasteiger partial charge < -0.3 is 10.4 Å². The minimum atomic E-state index is -0.197. The zero-order valence-corrected chi connectivity index (χ0v) is 21.0. The molecule has 1 heterocycles. The van der Waals surface area contributed by atoms with Crippen LogP contribution in [0.5, 0.6) is 5.75 Å². The Hall–Kier alpha value is -2.81. The van der Waals surface area contributed by atoms with Crippen LogP contribution in [0.2, 0.25) is 5.02 Å². The fourth-order valence-corrected chi connectivity index (χ4v) is 4.55. The summed E-state index contributed by atoms with van der Waals surface area (Å²) in [6.07, 6.45) is 0. The number of hydrogen-bond donors (Lipinski definition) is 2. The fraction of sp³-hybridized carbons (Fsp3) is 0.125. The summed E-state index contributed by atoms with van der Waals surface area (Å²) in [6, 6.07) is 18.3. The Labute approximate surface area is 209 Å². The van der Waals surface area contributed by atoms with E-state index in [2.05, 4.69) is 37.5 Å². The van der Waals surface area contributed by atoms with E-state index >= 15 is 0 Å². The highest BCUT2D eigenvalue weighted by Gasteiger charge is 2.20. The number of phenolic OH excluding ortho intramolecular Hbond substituents is 1. The molecule has 4 aromatic rings. The van der Waals surface area contributed by atoms with Gasteiger partial charge in [-0.15, -0.1) is 10.2 Å². The van der Waals surface area contributed by atoms with Crippen LogP contribution in [0.25, 0.3) is 17.1 Å². The van der Waals surface area contributed by atoms with Crippen LogP contribution in [-0.4, -0.2) is 31.5 Å². The smallest absolute Gasteiger partial charge is 0.234 e. The number of hydrogen-bond acceptors (Lipinski definition) is 5. The molecule has 0 radical (unpaired) electrons. The molecule has 9 heteroatoms. The van der Waals surface area contributed by atoms with Gasteiger partial charge in [-0.05, 0) is 71.7 Å². The first kappa shape index (κ1) is 23.4. The summed E-state index contributed by atoms with van der Waals surface area (Å²) < 4.78 is 2.63. The first-order chi connectivity index (χ1) is 15.8. The molecule has 2 N–H and O–H groups in total. The highest BCUT2D eigenvalue weighted by atomic mass is 79.9. The maximum absolute atomic E-state index is 12.6. The number of nitrogens with zero attached hydrogens (tertiary/aromatic N) is 3. The van der Waals surface area contributed by atoms with Crippen LogP contribution in [0, 0.1) is 13.8 Å². The van der Waals surface area contributed by atoms with Crippen molar-refractivity contribution >= 4 is 50.9 Å². The Morgan fingerprint density at radius 2 is 1.91 bits per heavy atom. The lowest BCUT2D eigenvalue weighted by Crippen LogP contribution is -2.14. The minimum absolute atomic E-state index is 0.109. The molecule has 6 nitrogen and oxygen atoms in total. The van der Waals surface area contributed by atoms with Crippen molar-refractivity contribution in [2.45, 2.75) is 19.0 Å². The summed E-state index contributed by atoms with van der Waals surface area (Å²) in [5.41, 5.74) is 4.22. The summed E-state index contributed by atoms with van der Waals surface area (Å²) >= 11 is 10.7. The first-order valence-electron chi connectivity index (χ1n) is 10.0. The second-order valence-electron chi connectivity index (χ2n) is 7.41. The van der Waals surface area contributed by atoms with Crippen molar-refractivity contribution in [3.8, 4) is 22.8 Å². The van der Waals surface area contributed by atoms with E-state index < -0.39 is 0 Å². The minimum Gasteiger partial charge on any atom is -0.507 e. The number of benzene rings is 3. The quantitative estimate of drug-likeness (QED) is 0.275. The molecule has 0 bridgehead atoms. The van der Waals surface area contributed by atoms with Crippen molar-refractivity contribution in [1.82, 2.24) is 14.8 Å². The normalized spacial score (nSPS) is 10.9. The van der Waals surface area contributed by atoms with E-state index in [9.17, 15) is 9.90 Å². The number of anilines is 1. The molecule has 3 aromatic carbocycles. The molecule has 0 aliphatic carbocycles. The highest BCUT2D eigenvalue weighted by Crippen LogP contribution is 2.34. The van der Waals surface area contributed by atoms with Crippen LogP contribution in [0.4, 0.5) is 5.69 Å². The molecule has 0 aliphatic heterocycles. The maximum atomic E-state index is 12.6. The van der Waals surface area contributed by atoms with Gasteiger partial charge in [0.15, 0.2) is 11.0 Å². The molecule has 0 unspecified atom stereocenters. The molecule has 0 atom stereocenters. The lowest BCUT2D eigenvalue weighted by atomic mass is 10.1. The van der Waals surface area contributed by atoms with Gasteiger partial charge >= 0.3 is 0 Å². The Morgan fingerprint density at radius 3 is 2.64 bits per heavy atom. The van der Waals surface area contributed by atoms with Gasteiger partial charge in [0, 0.05) is 10.2 Å². The van der Waals surface area contributed by atoms with Gasteiger partial charge in [-0.2, -0.15) is 0 Å². The molecule has 168 valence electrons. The van der Waals surface area contributed by atoms with Crippen molar-refractivity contribution in [2.75, 3.05) is 11.1 Å². The molecule has 1 aromatic heterocycles. The van der Waals surface area contributed by atoms with Gasteiger partial charge in [0.05, 0.1) is 22.0 Å². The number of rotatable bonds is 6. The van der Waals surface area contributed by atoms with E-state index in [0.29, 0.717) is 27.3 Å². The van der Waals surface area contributed by atoms with E-state index in [1.165, 1.54) is 11.8 Å². The predicted octanol–water partition coefficient (Wildman–Crippen LogP) is 6.40. The molecule has 0 fully saturated rings. The van der Waals surface area contributed by atoms with Crippen LogP contribution < -0.4 is 5.32 Å². The lowest BCUT2D eigenvalue weighted by Gasteiger charge is -2.14. The summed E-state index contributed by atoms with van der Waals surface area (Å²) in [6.45, 7) is 4.04. The number of carbonyl (C=O) groups is 1. The van der Waals surface area contributed by atoms with Crippen LogP contribution in [0.15, 0.2) is 70.3 Å². The molecule has 1 amide bonds. The molecule has 0 aliphatic rings. The molecule has 33 heavy (non-hydrogen) atoms. The van der Waals surface area contributed by atoms with Crippen LogP contribution in [0.3, 0.4) is 0 Å². The van der Waals surface area contributed by atoms with Gasteiger partial charge in [-0.25, -0.2) is 0 Å². The number of carbonyl (C=O) groups excluding carboxylic acids is 1. The Balaban J connectivity index is 1.64. The Kier molecular flexibility index (Phi) is 7.07. The SMILES string of the molecule is Cc1ccc(-n2c(SCC(=O)Nc3ccc(Br)c(Cl)c3)nnc2-c2ccccc2O)c(C)c1. The van der Waals surface area contributed by atoms with E-state index in [0.717, 1.165) is 21.3 Å². The highest BCUT2D eigenvalue weighted by molar-refractivity contribution is 9.10. The predicted molar refractivity (Wildman–Crippen MR) is 136 cm³/mol. The summed E-state index contributed by atoms with van der Waals surface area (Å²) in [5.74, 6) is 0.537. The molecule has 0 saturated heterocycles. The topological polar surface area (TPSA) is 80.0 Å². The Bertz CT molecular complexity index is 1340. The first-order valence-corrected chi connectivity index (χ1v) is 12.2. The average Bonchev–Trinajstić information content (AvgIpc) is 3.18. The monoisotopic (exact) mass is 542 g/mol. The average molecular weight is 544 g/mol. The number of para-hydroxylation sites is 1. The lowest BCUT2D eigenvalue weighted by molar-refractivity contribution is -0.113. The summed E-state index contributed by atoms with van der Waals surface area (Å²) in [7, 11) is 0. The third-order valence-corrected chi connectivity index (χ3v) is 7.07. The number of aryl methyl sites for hydroxylation is 2. The molecule has 0 saturated carbocycles. The van der Waals surface area contributed by atoms with Gasteiger partial charge in [0.2, 0.25) is 5.91 Å². The fourth-order valence-electron chi connectivity index (χ4n) is 3.38. The number of nitrogens with one attached hydrogen (secondary N) is 1. The van der Waals surface area contributed by atoms with Crippen molar-refractivity contribution in [3.63, 3.8) is 0 Å². The van der Waals surface area contributed by atoms with Crippen molar-refractivity contribution in [1.29, 1.82) is 0 Å². The molecule has 0 spiro atoms. The zero-order chi connectivity index (χ0) is 23.5. The van der Waals surface area contributed by atoms with E-state index in [1.807, 2.05) is 36.6 Å². The largest absolute Gasteiger partial charge is 0.507 e.